The van der Waals surface area contributed by atoms with Crippen LogP contribution in [-0.4, -0.2) is 47.4 Å². The lowest BCUT2D eigenvalue weighted by Gasteiger charge is -2.18. The lowest BCUT2D eigenvalue weighted by atomic mass is 10.1. The molecule has 0 heterocycles. The Morgan fingerprint density at radius 1 is 1.44 bits per heavy atom. The summed E-state index contributed by atoms with van der Waals surface area (Å²) in [7, 11) is 0. The number of nitrogens with one attached hydrogen (secondary N) is 1. The molecule has 0 aromatic heterocycles. The molecule has 3 N–H and O–H groups in total. The van der Waals surface area contributed by atoms with E-state index in [4.69, 9.17) is 9.84 Å². The van der Waals surface area contributed by atoms with Crippen LogP contribution < -0.4 is 5.32 Å². The van der Waals surface area contributed by atoms with Crippen molar-refractivity contribution in [1.82, 2.24) is 5.32 Å². The third-order valence-electron chi connectivity index (χ3n) is 1.97. The number of rotatable bonds is 8. The van der Waals surface area contributed by atoms with Crippen LogP contribution in [0, 0.1) is 0 Å². The molecule has 0 rings (SSSR count). The summed E-state index contributed by atoms with van der Waals surface area (Å²) in [5, 5.41) is 20.1. The fraction of sp³-hybridized carbons (Fsp3) is 0.800. The first-order chi connectivity index (χ1) is 7.40. The Labute approximate surface area is 94.6 Å². The first-order valence-corrected chi connectivity index (χ1v) is 5.20. The van der Waals surface area contributed by atoms with Crippen LogP contribution in [0.4, 0.5) is 0 Å². The number of aliphatic hydroxyl groups is 1. The van der Waals surface area contributed by atoms with Gasteiger partial charge in [0.1, 0.15) is 6.61 Å². The van der Waals surface area contributed by atoms with Gasteiger partial charge in [0.2, 0.25) is 5.91 Å². The van der Waals surface area contributed by atoms with Crippen LogP contribution in [0.1, 0.15) is 26.7 Å². The molecule has 1 unspecified atom stereocenters. The van der Waals surface area contributed by atoms with Gasteiger partial charge in [0, 0.05) is 6.61 Å². The summed E-state index contributed by atoms with van der Waals surface area (Å²) in [6, 6.07) is 0. The number of amides is 1. The zero-order chi connectivity index (χ0) is 12.6. The van der Waals surface area contributed by atoms with Crippen molar-refractivity contribution in [2.45, 2.75) is 32.3 Å². The molecule has 0 saturated heterocycles. The topological polar surface area (TPSA) is 95.9 Å². The van der Waals surface area contributed by atoms with E-state index in [1.165, 1.54) is 0 Å². The molecule has 0 fully saturated rings. The van der Waals surface area contributed by atoms with E-state index >= 15 is 0 Å². The fourth-order valence-corrected chi connectivity index (χ4v) is 0.809. The van der Waals surface area contributed by atoms with Gasteiger partial charge in [-0.3, -0.25) is 4.79 Å². The maximum absolute atomic E-state index is 11.1. The highest BCUT2D eigenvalue weighted by atomic mass is 16.5. The zero-order valence-electron chi connectivity index (χ0n) is 9.65. The molecule has 0 aromatic carbocycles. The monoisotopic (exact) mass is 233 g/mol. The number of aliphatic carboxylic acids is 1. The highest BCUT2D eigenvalue weighted by molar-refractivity contribution is 5.80. The normalized spacial score (nSPS) is 14.2. The van der Waals surface area contributed by atoms with E-state index in [1.807, 2.05) is 6.92 Å². The average molecular weight is 233 g/mol. The standard InChI is InChI=1S/C10H19NO5/c1-3-4-5-16-6-8(12)11-7-10(2,15)9(13)14/h15H,3-7H2,1-2H3,(H,11,12)(H,13,14). The quantitative estimate of drug-likeness (QED) is 0.503. The lowest BCUT2D eigenvalue weighted by molar-refractivity contribution is -0.156. The maximum Gasteiger partial charge on any atom is 0.337 e. The molecule has 0 aliphatic carbocycles. The second-order valence-corrected chi connectivity index (χ2v) is 3.76. The van der Waals surface area contributed by atoms with E-state index in [0.29, 0.717) is 6.61 Å². The van der Waals surface area contributed by atoms with E-state index in [-0.39, 0.29) is 13.2 Å². The van der Waals surface area contributed by atoms with Gasteiger partial charge in [-0.25, -0.2) is 4.79 Å². The van der Waals surface area contributed by atoms with Crippen molar-refractivity contribution in [3.63, 3.8) is 0 Å². The molecule has 0 aliphatic heterocycles. The van der Waals surface area contributed by atoms with Gasteiger partial charge in [0.15, 0.2) is 5.60 Å². The van der Waals surface area contributed by atoms with Crippen LogP contribution >= 0.6 is 0 Å². The molecule has 94 valence electrons. The Balaban J connectivity index is 3.69. The van der Waals surface area contributed by atoms with Crippen LogP contribution in [0.3, 0.4) is 0 Å². The number of ether oxygens (including phenoxy) is 1. The lowest BCUT2D eigenvalue weighted by Crippen LogP contribution is -2.47. The third-order valence-corrected chi connectivity index (χ3v) is 1.97. The molecule has 0 radical (unpaired) electrons. The fourth-order valence-electron chi connectivity index (χ4n) is 0.809. The van der Waals surface area contributed by atoms with Gasteiger partial charge in [0.05, 0.1) is 6.54 Å². The number of hydrogen-bond acceptors (Lipinski definition) is 4. The minimum Gasteiger partial charge on any atom is -0.479 e. The predicted octanol–water partition coefficient (Wildman–Crippen LogP) is -0.245. The molecule has 6 nitrogen and oxygen atoms in total. The molecule has 0 saturated carbocycles. The summed E-state index contributed by atoms with van der Waals surface area (Å²) < 4.78 is 5.02. The summed E-state index contributed by atoms with van der Waals surface area (Å²) in [5.41, 5.74) is -1.95. The highest BCUT2D eigenvalue weighted by Gasteiger charge is 2.30. The van der Waals surface area contributed by atoms with E-state index < -0.39 is 17.5 Å². The Morgan fingerprint density at radius 3 is 2.56 bits per heavy atom. The smallest absolute Gasteiger partial charge is 0.337 e. The van der Waals surface area contributed by atoms with Crippen LogP contribution in [0.5, 0.6) is 0 Å². The number of carboxylic acid groups (broad SMARTS) is 1. The Morgan fingerprint density at radius 2 is 2.06 bits per heavy atom. The second-order valence-electron chi connectivity index (χ2n) is 3.76. The first kappa shape index (κ1) is 14.9. The Hall–Kier alpha value is -1.14. The summed E-state index contributed by atoms with van der Waals surface area (Å²) in [4.78, 5) is 21.6. The minimum absolute atomic E-state index is 0.115. The molecule has 0 bridgehead atoms. The molecule has 16 heavy (non-hydrogen) atoms. The van der Waals surface area contributed by atoms with Crippen LogP contribution in [0.15, 0.2) is 0 Å². The van der Waals surface area contributed by atoms with Gasteiger partial charge in [-0.05, 0) is 13.3 Å². The molecule has 6 heteroatoms. The summed E-state index contributed by atoms with van der Waals surface area (Å²) >= 11 is 0. The largest absolute Gasteiger partial charge is 0.479 e. The number of carboxylic acids is 1. The summed E-state index contributed by atoms with van der Waals surface area (Å²) in [5.74, 6) is -1.81. The van der Waals surface area contributed by atoms with Crippen molar-refractivity contribution >= 4 is 11.9 Å². The average Bonchev–Trinajstić information content (AvgIpc) is 2.21. The van der Waals surface area contributed by atoms with Gasteiger partial charge in [-0.1, -0.05) is 13.3 Å². The minimum atomic E-state index is -1.95. The van der Waals surface area contributed by atoms with Crippen molar-refractivity contribution in [3.05, 3.63) is 0 Å². The van der Waals surface area contributed by atoms with Crippen molar-refractivity contribution in [2.75, 3.05) is 19.8 Å². The number of carbonyl (C=O) groups is 2. The van der Waals surface area contributed by atoms with Crippen LogP contribution in [0.25, 0.3) is 0 Å². The Bertz CT molecular complexity index is 239. The molecular formula is C10H19NO5. The van der Waals surface area contributed by atoms with Gasteiger partial charge < -0.3 is 20.3 Å². The number of hydrogen-bond donors (Lipinski definition) is 3. The van der Waals surface area contributed by atoms with Crippen molar-refractivity contribution in [1.29, 1.82) is 0 Å². The summed E-state index contributed by atoms with van der Waals surface area (Å²) in [6.07, 6.45) is 1.86. The van der Waals surface area contributed by atoms with Gasteiger partial charge >= 0.3 is 5.97 Å². The van der Waals surface area contributed by atoms with Crippen LogP contribution in [0.2, 0.25) is 0 Å². The SMILES string of the molecule is CCCCOCC(=O)NCC(C)(O)C(=O)O. The first-order valence-electron chi connectivity index (χ1n) is 5.20. The second kappa shape index (κ2) is 7.19. The van der Waals surface area contributed by atoms with E-state index in [2.05, 4.69) is 5.32 Å². The number of carbonyl (C=O) groups excluding carboxylic acids is 1. The van der Waals surface area contributed by atoms with Crippen LogP contribution in [-0.2, 0) is 14.3 Å². The highest BCUT2D eigenvalue weighted by Crippen LogP contribution is 2.00. The van der Waals surface area contributed by atoms with Crippen molar-refractivity contribution in [3.8, 4) is 0 Å². The third kappa shape index (κ3) is 6.36. The molecule has 1 atom stereocenters. The molecule has 1 amide bonds. The van der Waals surface area contributed by atoms with E-state index in [1.54, 1.807) is 0 Å². The molecule has 0 spiro atoms. The van der Waals surface area contributed by atoms with E-state index in [9.17, 15) is 14.7 Å². The molecule has 0 aromatic rings. The van der Waals surface area contributed by atoms with Gasteiger partial charge in [-0.15, -0.1) is 0 Å². The molecule has 0 aliphatic rings. The van der Waals surface area contributed by atoms with Crippen molar-refractivity contribution < 1.29 is 24.5 Å². The number of unbranched alkanes of at least 4 members (excludes halogenated alkanes) is 1. The zero-order valence-corrected chi connectivity index (χ0v) is 9.65. The van der Waals surface area contributed by atoms with Gasteiger partial charge in [0.25, 0.3) is 0 Å². The maximum atomic E-state index is 11.1. The molecular weight excluding hydrogens is 214 g/mol. The van der Waals surface area contributed by atoms with E-state index in [0.717, 1.165) is 19.8 Å². The Kier molecular flexibility index (Phi) is 6.67. The van der Waals surface area contributed by atoms with Crippen molar-refractivity contribution in [2.24, 2.45) is 0 Å². The van der Waals surface area contributed by atoms with Gasteiger partial charge in [-0.2, -0.15) is 0 Å². The predicted molar refractivity (Wildman–Crippen MR) is 57.0 cm³/mol. The summed E-state index contributed by atoms with van der Waals surface area (Å²) in [6.45, 7) is 3.17.